The Bertz CT molecular complexity index is 674. The molecule has 0 heterocycles. The number of rotatable bonds is 6. The predicted molar refractivity (Wildman–Crippen MR) is 106 cm³/mol. The first kappa shape index (κ1) is 18.5. The SMILES string of the molecule is CC(=O)NC(CC(=O)NCC12CC3CC(CC(C3)C1)C2)c1ccc(C)cc1. The molecular formula is C23H32N2O2. The van der Waals surface area contributed by atoms with Gasteiger partial charge in [-0.3, -0.25) is 9.59 Å². The second-order valence-electron chi connectivity index (χ2n) is 9.56. The molecule has 4 aliphatic rings. The number of nitrogens with one attached hydrogen (secondary N) is 2. The molecule has 4 bridgehead atoms. The van der Waals surface area contributed by atoms with Gasteiger partial charge in [0.25, 0.3) is 0 Å². The molecule has 0 aliphatic heterocycles. The van der Waals surface area contributed by atoms with Gasteiger partial charge in [0, 0.05) is 13.5 Å². The van der Waals surface area contributed by atoms with Crippen molar-refractivity contribution in [2.24, 2.45) is 23.2 Å². The van der Waals surface area contributed by atoms with E-state index < -0.39 is 0 Å². The molecule has 1 aromatic rings. The van der Waals surface area contributed by atoms with Crippen LogP contribution in [0.5, 0.6) is 0 Å². The van der Waals surface area contributed by atoms with Crippen molar-refractivity contribution in [3.8, 4) is 0 Å². The topological polar surface area (TPSA) is 58.2 Å². The fourth-order valence-corrected chi connectivity index (χ4v) is 6.35. The first-order chi connectivity index (χ1) is 12.9. The molecular weight excluding hydrogens is 336 g/mol. The third-order valence-electron chi connectivity index (χ3n) is 7.07. The van der Waals surface area contributed by atoms with E-state index in [1.165, 1.54) is 51.0 Å². The Morgan fingerprint density at radius 3 is 2.11 bits per heavy atom. The van der Waals surface area contributed by atoms with E-state index in [0.29, 0.717) is 11.8 Å². The third kappa shape index (κ3) is 4.20. The first-order valence-electron chi connectivity index (χ1n) is 10.5. The smallest absolute Gasteiger partial charge is 0.222 e. The maximum atomic E-state index is 12.7. The Morgan fingerprint density at radius 2 is 1.59 bits per heavy atom. The highest BCUT2D eigenvalue weighted by Gasteiger charge is 2.50. The Labute approximate surface area is 162 Å². The Kier molecular flexibility index (Phi) is 5.00. The van der Waals surface area contributed by atoms with E-state index in [4.69, 9.17) is 0 Å². The average Bonchev–Trinajstić information content (AvgIpc) is 2.59. The summed E-state index contributed by atoms with van der Waals surface area (Å²) in [6, 6.07) is 7.79. The normalized spacial score (nSPS) is 32.1. The molecule has 4 fully saturated rings. The molecule has 0 spiro atoms. The van der Waals surface area contributed by atoms with E-state index in [-0.39, 0.29) is 17.9 Å². The summed E-state index contributed by atoms with van der Waals surface area (Å²) >= 11 is 0. The second-order valence-corrected chi connectivity index (χ2v) is 9.56. The molecule has 0 saturated heterocycles. The van der Waals surface area contributed by atoms with Crippen LogP contribution < -0.4 is 10.6 Å². The third-order valence-corrected chi connectivity index (χ3v) is 7.07. The van der Waals surface area contributed by atoms with Crippen LogP contribution in [0.25, 0.3) is 0 Å². The second kappa shape index (κ2) is 7.29. The van der Waals surface area contributed by atoms with Crippen molar-refractivity contribution in [2.75, 3.05) is 6.54 Å². The molecule has 4 aliphatic carbocycles. The molecule has 4 heteroatoms. The van der Waals surface area contributed by atoms with Gasteiger partial charge in [0.2, 0.25) is 11.8 Å². The maximum Gasteiger partial charge on any atom is 0.222 e. The Balaban J connectivity index is 1.37. The van der Waals surface area contributed by atoms with Crippen molar-refractivity contribution >= 4 is 11.8 Å². The van der Waals surface area contributed by atoms with Crippen LogP contribution in [-0.4, -0.2) is 18.4 Å². The summed E-state index contributed by atoms with van der Waals surface area (Å²) in [7, 11) is 0. The van der Waals surface area contributed by atoms with Gasteiger partial charge in [0.1, 0.15) is 0 Å². The van der Waals surface area contributed by atoms with E-state index >= 15 is 0 Å². The minimum atomic E-state index is -0.264. The summed E-state index contributed by atoms with van der Waals surface area (Å²) in [5, 5.41) is 6.17. The maximum absolute atomic E-state index is 12.7. The lowest BCUT2D eigenvalue weighted by Crippen LogP contribution is -2.51. The molecule has 1 unspecified atom stereocenters. The van der Waals surface area contributed by atoms with Crippen LogP contribution in [0.3, 0.4) is 0 Å². The van der Waals surface area contributed by atoms with Gasteiger partial charge in [-0.2, -0.15) is 0 Å². The van der Waals surface area contributed by atoms with Gasteiger partial charge in [-0.1, -0.05) is 29.8 Å². The summed E-state index contributed by atoms with van der Waals surface area (Å²) in [6.45, 7) is 4.36. The zero-order valence-electron chi connectivity index (χ0n) is 16.6. The van der Waals surface area contributed by atoms with E-state index in [1.54, 1.807) is 0 Å². The molecule has 4 saturated carbocycles. The van der Waals surface area contributed by atoms with Crippen molar-refractivity contribution in [2.45, 2.75) is 64.8 Å². The van der Waals surface area contributed by atoms with Crippen LogP contribution in [0.1, 0.15) is 69.0 Å². The van der Waals surface area contributed by atoms with Gasteiger partial charge in [-0.05, 0) is 74.2 Å². The molecule has 0 aromatic heterocycles. The number of carbonyl (C=O) groups is 2. The summed E-state index contributed by atoms with van der Waals surface area (Å²) in [5.41, 5.74) is 2.50. The van der Waals surface area contributed by atoms with Crippen LogP contribution in [0.15, 0.2) is 24.3 Å². The van der Waals surface area contributed by atoms with E-state index in [9.17, 15) is 9.59 Å². The molecule has 1 atom stereocenters. The van der Waals surface area contributed by atoms with Gasteiger partial charge < -0.3 is 10.6 Å². The van der Waals surface area contributed by atoms with Crippen LogP contribution in [-0.2, 0) is 9.59 Å². The average molecular weight is 369 g/mol. The molecule has 4 nitrogen and oxygen atoms in total. The fraction of sp³-hybridized carbons (Fsp3) is 0.652. The van der Waals surface area contributed by atoms with E-state index in [2.05, 4.69) is 10.6 Å². The summed E-state index contributed by atoms with van der Waals surface area (Å²) in [5.74, 6) is 2.63. The standard InChI is InChI=1S/C23H32N2O2/c1-15-3-5-20(6-4-15)21(25-16(2)26)10-22(27)24-14-23-11-17-7-18(12-23)9-19(8-17)13-23/h3-6,17-19,21H,7-14H2,1-2H3,(H,24,27)(H,25,26). The number of carbonyl (C=O) groups excluding carboxylic acids is 2. The lowest BCUT2D eigenvalue weighted by atomic mass is 9.49. The lowest BCUT2D eigenvalue weighted by Gasteiger charge is -2.56. The molecule has 2 N–H and O–H groups in total. The number of amides is 2. The Morgan fingerprint density at radius 1 is 1.04 bits per heavy atom. The largest absolute Gasteiger partial charge is 0.355 e. The van der Waals surface area contributed by atoms with Crippen molar-refractivity contribution < 1.29 is 9.59 Å². The zero-order chi connectivity index (χ0) is 19.0. The van der Waals surface area contributed by atoms with Gasteiger partial charge in [0.15, 0.2) is 0 Å². The highest BCUT2D eigenvalue weighted by molar-refractivity contribution is 5.79. The van der Waals surface area contributed by atoms with Crippen LogP contribution in [0.4, 0.5) is 0 Å². The minimum absolute atomic E-state index is 0.0464. The molecule has 0 radical (unpaired) electrons. The van der Waals surface area contributed by atoms with Crippen molar-refractivity contribution in [1.82, 2.24) is 10.6 Å². The van der Waals surface area contributed by atoms with E-state index in [0.717, 1.165) is 29.9 Å². The molecule has 2 amide bonds. The van der Waals surface area contributed by atoms with Crippen LogP contribution in [0, 0.1) is 30.1 Å². The van der Waals surface area contributed by atoms with Crippen LogP contribution in [0.2, 0.25) is 0 Å². The molecule has 27 heavy (non-hydrogen) atoms. The quantitative estimate of drug-likeness (QED) is 0.800. The van der Waals surface area contributed by atoms with Gasteiger partial charge in [-0.25, -0.2) is 0 Å². The first-order valence-corrected chi connectivity index (χ1v) is 10.5. The van der Waals surface area contributed by atoms with Crippen molar-refractivity contribution in [1.29, 1.82) is 0 Å². The summed E-state index contributed by atoms with van der Waals surface area (Å²) < 4.78 is 0. The predicted octanol–water partition coefficient (Wildman–Crippen LogP) is 3.89. The molecule has 1 aromatic carbocycles. The molecule has 146 valence electrons. The summed E-state index contributed by atoms with van der Waals surface area (Å²) in [4.78, 5) is 24.3. The van der Waals surface area contributed by atoms with Gasteiger partial charge in [-0.15, -0.1) is 0 Å². The highest BCUT2D eigenvalue weighted by atomic mass is 16.2. The number of aryl methyl sites for hydroxylation is 1. The zero-order valence-corrected chi connectivity index (χ0v) is 16.6. The number of benzene rings is 1. The van der Waals surface area contributed by atoms with Crippen molar-refractivity contribution in [3.05, 3.63) is 35.4 Å². The minimum Gasteiger partial charge on any atom is -0.355 e. The van der Waals surface area contributed by atoms with E-state index in [1.807, 2.05) is 31.2 Å². The lowest BCUT2D eigenvalue weighted by molar-refractivity contribution is -0.124. The van der Waals surface area contributed by atoms with Crippen LogP contribution >= 0.6 is 0 Å². The molecule has 5 rings (SSSR count). The van der Waals surface area contributed by atoms with Gasteiger partial charge in [0.05, 0.1) is 12.5 Å². The Hall–Kier alpha value is -1.84. The highest BCUT2D eigenvalue weighted by Crippen LogP contribution is 2.59. The summed E-state index contributed by atoms with van der Waals surface area (Å²) in [6.07, 6.45) is 8.46. The van der Waals surface area contributed by atoms with Crippen molar-refractivity contribution in [3.63, 3.8) is 0 Å². The number of hydrogen-bond acceptors (Lipinski definition) is 2. The fourth-order valence-electron chi connectivity index (χ4n) is 6.35. The number of hydrogen-bond donors (Lipinski definition) is 2. The monoisotopic (exact) mass is 368 g/mol. The van der Waals surface area contributed by atoms with Gasteiger partial charge >= 0.3 is 0 Å².